The number of aromatic nitrogens is 3. The highest BCUT2D eigenvalue weighted by Crippen LogP contribution is 2.34. The summed E-state index contributed by atoms with van der Waals surface area (Å²) in [6.07, 6.45) is 4.98. The maximum Gasteiger partial charge on any atom is 0.334 e. The van der Waals surface area contributed by atoms with Crippen LogP contribution in [0, 0.1) is 18.8 Å². The molecule has 0 saturated heterocycles. The third kappa shape index (κ3) is 2.84. The Morgan fingerprint density at radius 2 is 1.88 bits per heavy atom. The van der Waals surface area contributed by atoms with E-state index in [1.807, 2.05) is 17.5 Å². The lowest BCUT2D eigenvalue weighted by Gasteiger charge is -2.30. The first kappa shape index (κ1) is 16.2. The lowest BCUT2D eigenvalue weighted by atomic mass is 9.79. The van der Waals surface area contributed by atoms with Gasteiger partial charge in [0.1, 0.15) is 6.04 Å². The van der Waals surface area contributed by atoms with Crippen molar-refractivity contribution < 1.29 is 4.58 Å². The largest absolute Gasteiger partial charge is 0.334 e. The predicted octanol–water partition coefficient (Wildman–Crippen LogP) is 4.75. The highest BCUT2D eigenvalue weighted by Gasteiger charge is 2.30. The molecular formula is C21H27N4+. The Balaban J connectivity index is 1.74. The fraction of sp³-hybridized carbons (Fsp3) is 0.476. The van der Waals surface area contributed by atoms with E-state index in [9.17, 15) is 0 Å². The van der Waals surface area contributed by atoms with E-state index in [-0.39, 0.29) is 0 Å². The van der Waals surface area contributed by atoms with Crippen molar-refractivity contribution >= 4 is 29.1 Å². The smallest absolute Gasteiger partial charge is 0.234 e. The number of benzene rings is 1. The van der Waals surface area contributed by atoms with Crippen molar-refractivity contribution in [1.82, 2.24) is 14.6 Å². The van der Waals surface area contributed by atoms with Gasteiger partial charge < -0.3 is 0 Å². The molecule has 0 spiro atoms. The van der Waals surface area contributed by atoms with E-state index in [1.165, 1.54) is 25.7 Å². The van der Waals surface area contributed by atoms with E-state index in [0.29, 0.717) is 6.04 Å². The highest BCUT2D eigenvalue weighted by atomic mass is 15.3. The highest BCUT2D eigenvalue weighted by molar-refractivity contribution is 5.88. The second kappa shape index (κ2) is 6.25. The van der Waals surface area contributed by atoms with E-state index in [0.717, 1.165) is 39.9 Å². The summed E-state index contributed by atoms with van der Waals surface area (Å²) in [6, 6.07) is 10.9. The number of aryl methyl sites for hydroxylation is 1. The quantitative estimate of drug-likeness (QED) is 0.511. The lowest BCUT2D eigenvalue weighted by Crippen LogP contribution is -2.29. The summed E-state index contributed by atoms with van der Waals surface area (Å²) in [5.41, 5.74) is 2.98. The van der Waals surface area contributed by atoms with Crippen LogP contribution in [0.2, 0.25) is 0 Å². The topological polar surface area (TPSA) is 33.2 Å². The second-order valence-electron chi connectivity index (χ2n) is 7.79. The number of rotatable bonds is 3. The molecule has 0 aliphatic heterocycles. The van der Waals surface area contributed by atoms with Gasteiger partial charge in [-0.2, -0.15) is 9.61 Å². The average Bonchev–Trinajstić information content (AvgIpc) is 3.01. The van der Waals surface area contributed by atoms with E-state index in [2.05, 4.69) is 54.5 Å². The van der Waals surface area contributed by atoms with Gasteiger partial charge in [0.05, 0.1) is 23.3 Å². The van der Waals surface area contributed by atoms with E-state index in [4.69, 9.17) is 4.98 Å². The molecule has 25 heavy (non-hydrogen) atoms. The molecule has 2 heterocycles. The Bertz CT molecular complexity index is 930. The van der Waals surface area contributed by atoms with Crippen molar-refractivity contribution in [2.75, 3.05) is 0 Å². The van der Waals surface area contributed by atoms with Gasteiger partial charge in [-0.3, -0.25) is 0 Å². The Morgan fingerprint density at radius 1 is 1.16 bits per heavy atom. The predicted molar refractivity (Wildman–Crippen MR) is 103 cm³/mol. The van der Waals surface area contributed by atoms with Gasteiger partial charge in [0.2, 0.25) is 0 Å². The van der Waals surface area contributed by atoms with Crippen LogP contribution in [0.25, 0.3) is 16.6 Å². The van der Waals surface area contributed by atoms with Crippen molar-refractivity contribution in [3.05, 3.63) is 36.0 Å². The molecule has 0 radical (unpaired) electrons. The minimum absolute atomic E-state index is 0.470. The summed E-state index contributed by atoms with van der Waals surface area (Å²) in [4.78, 5) is 4.92. The van der Waals surface area contributed by atoms with Crippen molar-refractivity contribution in [2.24, 2.45) is 11.8 Å². The molecule has 0 unspecified atom stereocenters. The SMILES string of the molecule is C=[N+](c1nc2cc(C)nn2c2ccccc12)C1CCC(C(C)C)CC1. The average molecular weight is 335 g/mol. The molecule has 1 saturated carbocycles. The van der Waals surface area contributed by atoms with Gasteiger partial charge in [0.25, 0.3) is 5.65 Å². The van der Waals surface area contributed by atoms with Crippen LogP contribution in [-0.4, -0.2) is 31.9 Å². The van der Waals surface area contributed by atoms with Crippen LogP contribution in [0.4, 0.5) is 5.82 Å². The molecule has 0 amide bonds. The summed E-state index contributed by atoms with van der Waals surface area (Å²) in [5.74, 6) is 2.62. The lowest BCUT2D eigenvalue weighted by molar-refractivity contribution is -0.484. The van der Waals surface area contributed by atoms with Crippen LogP contribution in [0.1, 0.15) is 45.2 Å². The number of para-hydroxylation sites is 1. The second-order valence-corrected chi connectivity index (χ2v) is 7.79. The first-order valence-electron chi connectivity index (χ1n) is 9.39. The molecule has 3 aromatic rings. The molecule has 1 aliphatic rings. The third-order valence-electron chi connectivity index (χ3n) is 5.80. The van der Waals surface area contributed by atoms with Gasteiger partial charge in [-0.15, -0.1) is 0 Å². The minimum Gasteiger partial charge on any atom is -0.234 e. The Morgan fingerprint density at radius 3 is 2.60 bits per heavy atom. The fourth-order valence-electron chi connectivity index (χ4n) is 4.23. The minimum atomic E-state index is 0.470. The van der Waals surface area contributed by atoms with Gasteiger partial charge in [-0.25, -0.2) is 4.58 Å². The third-order valence-corrected chi connectivity index (χ3v) is 5.80. The Labute approximate surface area is 149 Å². The van der Waals surface area contributed by atoms with Gasteiger partial charge in [-0.05, 0) is 61.6 Å². The molecule has 1 aromatic carbocycles. The molecule has 1 fully saturated rings. The number of hydrogen-bond acceptors (Lipinski definition) is 2. The summed E-state index contributed by atoms with van der Waals surface area (Å²) in [5, 5.41) is 5.72. The van der Waals surface area contributed by atoms with E-state index < -0.39 is 0 Å². The van der Waals surface area contributed by atoms with E-state index in [1.54, 1.807) is 0 Å². The van der Waals surface area contributed by atoms with Gasteiger partial charge in [-0.1, -0.05) is 26.0 Å². The molecule has 0 bridgehead atoms. The van der Waals surface area contributed by atoms with Crippen LogP contribution < -0.4 is 0 Å². The Hall–Kier alpha value is -2.23. The van der Waals surface area contributed by atoms with Crippen molar-refractivity contribution in [2.45, 2.75) is 52.5 Å². The number of hydrogen-bond donors (Lipinski definition) is 0. The van der Waals surface area contributed by atoms with Gasteiger partial charge >= 0.3 is 5.82 Å². The van der Waals surface area contributed by atoms with Gasteiger partial charge in [0.15, 0.2) is 0 Å². The number of nitrogens with zero attached hydrogens (tertiary/aromatic N) is 4. The zero-order chi connectivity index (χ0) is 17.6. The van der Waals surface area contributed by atoms with E-state index >= 15 is 0 Å². The molecule has 0 N–H and O–H groups in total. The summed E-state index contributed by atoms with van der Waals surface area (Å²) < 4.78 is 4.11. The summed E-state index contributed by atoms with van der Waals surface area (Å²) in [6.45, 7) is 11.1. The first-order chi connectivity index (χ1) is 12.0. The normalized spacial score (nSPS) is 21.3. The molecule has 4 heteroatoms. The Kier molecular flexibility index (Phi) is 4.06. The summed E-state index contributed by atoms with van der Waals surface area (Å²) >= 11 is 0. The molecule has 4 rings (SSSR count). The zero-order valence-corrected chi connectivity index (χ0v) is 15.4. The van der Waals surface area contributed by atoms with Crippen LogP contribution in [-0.2, 0) is 0 Å². The molecule has 0 atom stereocenters. The molecule has 2 aromatic heterocycles. The maximum absolute atomic E-state index is 4.92. The molecule has 130 valence electrons. The van der Waals surface area contributed by atoms with Crippen LogP contribution >= 0.6 is 0 Å². The zero-order valence-electron chi connectivity index (χ0n) is 15.4. The van der Waals surface area contributed by atoms with Crippen LogP contribution in [0.5, 0.6) is 0 Å². The monoisotopic (exact) mass is 335 g/mol. The van der Waals surface area contributed by atoms with Gasteiger partial charge in [0, 0.05) is 6.07 Å². The maximum atomic E-state index is 4.92. The fourth-order valence-corrected chi connectivity index (χ4v) is 4.23. The molecule has 1 aliphatic carbocycles. The first-order valence-corrected chi connectivity index (χ1v) is 9.39. The van der Waals surface area contributed by atoms with Crippen molar-refractivity contribution in [3.8, 4) is 0 Å². The summed E-state index contributed by atoms with van der Waals surface area (Å²) in [7, 11) is 0. The van der Waals surface area contributed by atoms with Crippen molar-refractivity contribution in [3.63, 3.8) is 0 Å². The molecule has 4 nitrogen and oxygen atoms in total. The molecular weight excluding hydrogens is 308 g/mol. The standard InChI is InChI=1S/C21H27N4/c1-14(2)16-9-11-17(12-10-16)24(4)21-18-7-5-6-8-19(18)25-20(22-21)13-15(3)23-25/h5-8,13-14,16-17H,4,9-12H2,1-3H3/q+1. The van der Waals surface area contributed by atoms with Crippen LogP contribution in [0.3, 0.4) is 0 Å². The van der Waals surface area contributed by atoms with Crippen LogP contribution in [0.15, 0.2) is 30.3 Å². The number of fused-ring (bicyclic) bond motifs is 3. The van der Waals surface area contributed by atoms with Crippen molar-refractivity contribution in [1.29, 1.82) is 0 Å².